The Balaban J connectivity index is 2.73. The number of rotatable bonds is 0. The molecule has 10 heavy (non-hydrogen) atoms. The summed E-state index contributed by atoms with van der Waals surface area (Å²) in [6, 6.07) is 0. The molecule has 0 aliphatic carbocycles. The van der Waals surface area contributed by atoms with E-state index in [-0.39, 0.29) is 0 Å². The fourth-order valence-electron chi connectivity index (χ4n) is 0.598. The highest BCUT2D eigenvalue weighted by Gasteiger charge is 2.34. The summed E-state index contributed by atoms with van der Waals surface area (Å²) in [4.78, 5) is 0. The Morgan fingerprint density at radius 1 is 1.40 bits per heavy atom. The summed E-state index contributed by atoms with van der Waals surface area (Å²) in [6.07, 6.45) is -2.95. The van der Waals surface area contributed by atoms with Crippen molar-refractivity contribution in [3.8, 4) is 0 Å². The SMILES string of the molecule is FC(F)(F)C1=CCCN=N1. The molecule has 1 aliphatic rings. The van der Waals surface area contributed by atoms with Gasteiger partial charge in [0, 0.05) is 0 Å². The zero-order chi connectivity index (χ0) is 7.61. The Morgan fingerprint density at radius 2 is 2.10 bits per heavy atom. The van der Waals surface area contributed by atoms with Gasteiger partial charge in [-0.2, -0.15) is 23.4 Å². The Morgan fingerprint density at radius 3 is 2.40 bits per heavy atom. The molecular formula is C5H5F3N2. The minimum absolute atomic E-state index is 0.332. The third-order valence-electron chi connectivity index (χ3n) is 1.04. The van der Waals surface area contributed by atoms with Crippen LogP contribution in [0.1, 0.15) is 6.42 Å². The monoisotopic (exact) mass is 150 g/mol. The molecule has 1 heterocycles. The second-order valence-electron chi connectivity index (χ2n) is 1.84. The van der Waals surface area contributed by atoms with Crippen LogP contribution in [-0.2, 0) is 0 Å². The van der Waals surface area contributed by atoms with E-state index in [0.717, 1.165) is 6.08 Å². The predicted molar refractivity (Wildman–Crippen MR) is 28.5 cm³/mol. The maximum Gasteiger partial charge on any atom is 0.434 e. The summed E-state index contributed by atoms with van der Waals surface area (Å²) < 4.78 is 35.2. The number of hydrogen-bond donors (Lipinski definition) is 0. The van der Waals surface area contributed by atoms with Gasteiger partial charge in [0.1, 0.15) is 0 Å². The lowest BCUT2D eigenvalue weighted by Gasteiger charge is -2.07. The molecule has 1 rings (SSSR count). The van der Waals surface area contributed by atoms with Crippen molar-refractivity contribution in [2.24, 2.45) is 10.2 Å². The summed E-state index contributed by atoms with van der Waals surface area (Å²) >= 11 is 0. The largest absolute Gasteiger partial charge is 0.434 e. The second kappa shape index (κ2) is 2.40. The minimum Gasteiger partial charge on any atom is -0.188 e. The number of alkyl halides is 3. The molecule has 0 spiro atoms. The van der Waals surface area contributed by atoms with Crippen molar-refractivity contribution in [2.75, 3.05) is 6.54 Å². The van der Waals surface area contributed by atoms with Crippen LogP contribution < -0.4 is 0 Å². The van der Waals surface area contributed by atoms with Crippen molar-refractivity contribution in [1.82, 2.24) is 0 Å². The molecule has 0 aromatic rings. The third kappa shape index (κ3) is 1.55. The molecule has 0 bridgehead atoms. The molecule has 0 aromatic heterocycles. The van der Waals surface area contributed by atoms with Crippen LogP contribution in [0.15, 0.2) is 22.0 Å². The fraction of sp³-hybridized carbons (Fsp3) is 0.600. The first-order valence-corrected chi connectivity index (χ1v) is 2.75. The molecule has 0 unspecified atom stereocenters. The third-order valence-corrected chi connectivity index (χ3v) is 1.04. The molecule has 0 radical (unpaired) electrons. The fourth-order valence-corrected chi connectivity index (χ4v) is 0.598. The van der Waals surface area contributed by atoms with Crippen molar-refractivity contribution in [1.29, 1.82) is 0 Å². The molecule has 5 heteroatoms. The van der Waals surface area contributed by atoms with Crippen LogP contribution in [0.2, 0.25) is 0 Å². The van der Waals surface area contributed by atoms with Gasteiger partial charge in [-0.15, -0.1) is 0 Å². The van der Waals surface area contributed by atoms with E-state index in [2.05, 4.69) is 10.2 Å². The second-order valence-corrected chi connectivity index (χ2v) is 1.84. The lowest BCUT2D eigenvalue weighted by molar-refractivity contribution is -0.0936. The van der Waals surface area contributed by atoms with Crippen molar-refractivity contribution < 1.29 is 13.2 Å². The lowest BCUT2D eigenvalue weighted by Crippen LogP contribution is -2.11. The van der Waals surface area contributed by atoms with E-state index in [1.54, 1.807) is 0 Å². The molecule has 0 amide bonds. The molecule has 0 saturated carbocycles. The van der Waals surface area contributed by atoms with Crippen molar-refractivity contribution in [2.45, 2.75) is 12.6 Å². The zero-order valence-electron chi connectivity index (χ0n) is 5.02. The van der Waals surface area contributed by atoms with Gasteiger partial charge in [0.25, 0.3) is 0 Å². The molecule has 1 aliphatic heterocycles. The summed E-state index contributed by atoms with van der Waals surface area (Å²) in [5.41, 5.74) is -0.876. The Kier molecular flexibility index (Phi) is 1.74. The Bertz CT molecular complexity index is 180. The van der Waals surface area contributed by atoms with E-state index < -0.39 is 11.9 Å². The normalized spacial score (nSPS) is 18.9. The summed E-state index contributed by atoms with van der Waals surface area (Å²) in [6.45, 7) is 0.361. The van der Waals surface area contributed by atoms with Crippen LogP contribution in [0.4, 0.5) is 13.2 Å². The van der Waals surface area contributed by atoms with Crippen LogP contribution in [0, 0.1) is 0 Å². The van der Waals surface area contributed by atoms with Gasteiger partial charge in [-0.3, -0.25) is 0 Å². The topological polar surface area (TPSA) is 24.7 Å². The minimum atomic E-state index is -4.33. The quantitative estimate of drug-likeness (QED) is 0.506. The average Bonchev–Trinajstić information content (AvgIpc) is 1.88. The first kappa shape index (κ1) is 7.24. The summed E-state index contributed by atoms with van der Waals surface area (Å²) in [7, 11) is 0. The van der Waals surface area contributed by atoms with Crippen LogP contribution in [0.5, 0.6) is 0 Å². The highest BCUT2D eigenvalue weighted by molar-refractivity contribution is 5.07. The van der Waals surface area contributed by atoms with Crippen LogP contribution in [0.3, 0.4) is 0 Å². The molecule has 0 fully saturated rings. The van der Waals surface area contributed by atoms with E-state index in [9.17, 15) is 13.2 Å². The molecule has 2 nitrogen and oxygen atoms in total. The van der Waals surface area contributed by atoms with Crippen molar-refractivity contribution in [3.63, 3.8) is 0 Å². The number of nitrogens with zero attached hydrogens (tertiary/aromatic N) is 2. The standard InChI is InChI=1S/C5H5F3N2/c6-5(7,8)4-2-1-3-9-10-4/h2H,1,3H2. The zero-order valence-corrected chi connectivity index (χ0v) is 5.02. The van der Waals surface area contributed by atoms with Gasteiger partial charge in [0.05, 0.1) is 6.54 Å². The van der Waals surface area contributed by atoms with Crippen LogP contribution >= 0.6 is 0 Å². The smallest absolute Gasteiger partial charge is 0.188 e. The van der Waals surface area contributed by atoms with Crippen LogP contribution in [0.25, 0.3) is 0 Å². The van der Waals surface area contributed by atoms with E-state index in [4.69, 9.17) is 0 Å². The molecule has 0 aromatic carbocycles. The van der Waals surface area contributed by atoms with Gasteiger partial charge in [0.15, 0.2) is 5.70 Å². The lowest BCUT2D eigenvalue weighted by atomic mass is 10.3. The Labute approximate surface area is 55.4 Å². The van der Waals surface area contributed by atoms with E-state index in [0.29, 0.717) is 13.0 Å². The number of allylic oxidation sites excluding steroid dienone is 1. The molecule has 0 atom stereocenters. The number of halogens is 3. The van der Waals surface area contributed by atoms with Gasteiger partial charge in [-0.1, -0.05) is 0 Å². The number of hydrogen-bond acceptors (Lipinski definition) is 2. The highest BCUT2D eigenvalue weighted by Crippen LogP contribution is 2.28. The van der Waals surface area contributed by atoms with Crippen molar-refractivity contribution >= 4 is 0 Å². The predicted octanol–water partition coefficient (Wildman–Crippen LogP) is 2.29. The highest BCUT2D eigenvalue weighted by atomic mass is 19.4. The first-order valence-electron chi connectivity index (χ1n) is 2.75. The molecule has 56 valence electrons. The van der Waals surface area contributed by atoms with E-state index in [1.807, 2.05) is 0 Å². The van der Waals surface area contributed by atoms with E-state index in [1.165, 1.54) is 0 Å². The average molecular weight is 150 g/mol. The van der Waals surface area contributed by atoms with Gasteiger partial charge in [-0.25, -0.2) is 0 Å². The van der Waals surface area contributed by atoms with Crippen molar-refractivity contribution in [3.05, 3.63) is 11.8 Å². The molecular weight excluding hydrogens is 145 g/mol. The van der Waals surface area contributed by atoms with Crippen LogP contribution in [-0.4, -0.2) is 12.7 Å². The molecule has 0 N–H and O–H groups in total. The molecule has 0 saturated heterocycles. The first-order chi connectivity index (χ1) is 4.61. The maximum atomic E-state index is 11.7. The summed E-state index contributed by atoms with van der Waals surface area (Å²) in [5.74, 6) is 0. The maximum absolute atomic E-state index is 11.7. The number of azo groups is 1. The van der Waals surface area contributed by atoms with Gasteiger partial charge in [0.2, 0.25) is 0 Å². The van der Waals surface area contributed by atoms with Gasteiger partial charge in [-0.05, 0) is 12.5 Å². The Hall–Kier alpha value is -0.870. The van der Waals surface area contributed by atoms with Gasteiger partial charge >= 0.3 is 6.18 Å². The summed E-state index contributed by atoms with van der Waals surface area (Å²) in [5, 5.41) is 6.22. The van der Waals surface area contributed by atoms with Gasteiger partial charge < -0.3 is 0 Å². The van der Waals surface area contributed by atoms with E-state index >= 15 is 0 Å².